The zero-order valence-electron chi connectivity index (χ0n) is 18.8. The van der Waals surface area contributed by atoms with Gasteiger partial charge in [0, 0.05) is 49.3 Å². The number of aliphatic hydroxyl groups is 1. The molecule has 5 rings (SSSR count). The summed E-state index contributed by atoms with van der Waals surface area (Å²) >= 11 is 0. The topological polar surface area (TPSA) is 115 Å². The summed E-state index contributed by atoms with van der Waals surface area (Å²) in [6.07, 6.45) is 6.25. The van der Waals surface area contributed by atoms with Crippen molar-refractivity contribution in [2.24, 2.45) is 5.92 Å². The molecule has 2 aliphatic carbocycles. The largest absolute Gasteiger partial charge is 0.393 e. The quantitative estimate of drug-likeness (QED) is 0.630. The van der Waals surface area contributed by atoms with Gasteiger partial charge in [0.1, 0.15) is 5.82 Å². The monoisotopic (exact) mass is 445 g/mol. The van der Waals surface area contributed by atoms with E-state index in [0.29, 0.717) is 30.7 Å². The van der Waals surface area contributed by atoms with Gasteiger partial charge in [0.05, 0.1) is 17.7 Å². The highest BCUT2D eigenvalue weighted by Gasteiger charge is 2.60. The number of aliphatic hydroxyl groups excluding tert-OH is 1. The van der Waals surface area contributed by atoms with Gasteiger partial charge in [0.2, 0.25) is 0 Å². The van der Waals surface area contributed by atoms with Crippen LogP contribution in [0.4, 0.5) is 5.82 Å². The third-order valence-electron chi connectivity index (χ3n) is 7.74. The number of nitrogens with two attached hydrogens (primary N) is 1. The maximum atomic E-state index is 12.9. The van der Waals surface area contributed by atoms with Gasteiger partial charge in [-0.2, -0.15) is 5.26 Å². The van der Waals surface area contributed by atoms with Crippen molar-refractivity contribution in [1.29, 1.82) is 5.26 Å². The highest BCUT2D eigenvalue weighted by Crippen LogP contribution is 2.59. The molecule has 2 aromatic rings. The van der Waals surface area contributed by atoms with Crippen molar-refractivity contribution in [3.8, 4) is 17.2 Å². The molecule has 172 valence electrons. The molecule has 1 amide bonds. The number of carbonyl (C=O) groups excluding carboxylic acids is 1. The van der Waals surface area contributed by atoms with Crippen LogP contribution in [0.2, 0.25) is 0 Å². The Morgan fingerprint density at radius 2 is 2.00 bits per heavy atom. The minimum atomic E-state index is -0.258. The second-order valence-corrected chi connectivity index (χ2v) is 9.91. The normalized spacial score (nSPS) is 28.7. The Hall–Kier alpha value is -2.95. The Morgan fingerprint density at radius 3 is 2.73 bits per heavy atom. The van der Waals surface area contributed by atoms with E-state index in [9.17, 15) is 9.90 Å². The van der Waals surface area contributed by atoms with Gasteiger partial charge in [-0.05, 0) is 55.2 Å². The van der Waals surface area contributed by atoms with Crippen LogP contribution in [0.1, 0.15) is 54.4 Å². The number of anilines is 1. The Morgan fingerprint density at radius 1 is 1.24 bits per heavy atom. The van der Waals surface area contributed by atoms with Crippen molar-refractivity contribution in [2.45, 2.75) is 56.1 Å². The summed E-state index contributed by atoms with van der Waals surface area (Å²) in [5, 5.41) is 21.6. The van der Waals surface area contributed by atoms with Gasteiger partial charge in [0.15, 0.2) is 0 Å². The molecule has 0 bridgehead atoms. The molecule has 1 aliphatic heterocycles. The van der Waals surface area contributed by atoms with Crippen LogP contribution in [0, 0.1) is 17.2 Å². The molecule has 2 heterocycles. The Balaban J connectivity index is 1.28. The van der Waals surface area contributed by atoms with Crippen molar-refractivity contribution < 1.29 is 9.90 Å². The predicted octanol–water partition coefficient (Wildman–Crippen LogP) is 2.85. The van der Waals surface area contributed by atoms with E-state index in [1.807, 2.05) is 6.07 Å². The first-order valence-corrected chi connectivity index (χ1v) is 11.9. The molecule has 0 radical (unpaired) electrons. The fraction of sp³-hybridized carbons (Fsp3) is 0.500. The van der Waals surface area contributed by atoms with E-state index in [-0.39, 0.29) is 29.3 Å². The number of carbonyl (C=O) groups is 1. The van der Waals surface area contributed by atoms with Crippen LogP contribution in [0.5, 0.6) is 0 Å². The Labute approximate surface area is 194 Å². The molecule has 7 nitrogen and oxygen atoms in total. The van der Waals surface area contributed by atoms with Crippen LogP contribution in [0.3, 0.4) is 0 Å². The van der Waals surface area contributed by atoms with Crippen LogP contribution >= 0.6 is 0 Å². The number of aromatic nitrogens is 1. The number of amides is 1. The molecule has 1 aromatic heterocycles. The number of nitrogen functional groups attached to an aromatic ring is 1. The van der Waals surface area contributed by atoms with Gasteiger partial charge in [-0.1, -0.05) is 24.3 Å². The maximum Gasteiger partial charge on any atom is 0.255 e. The molecule has 0 unspecified atom stereocenters. The molecule has 4 N–H and O–H groups in total. The average Bonchev–Trinajstić information content (AvgIpc) is 3.40. The standard InChI is InChI=1S/C26H31N5O2/c27-10-1-11-31-15-20-13-26(20,16-31)19-4-2-17(3-5-19)18-12-23(24(28)29-14-18)25(33)30-21-6-8-22(32)9-7-21/h2-5,12,14,20-22,32H,1,6-9,11,13,15-16H2,(H2,28,29)(H,30,33)/t20-,21?,22?,26+/m0/s1. The van der Waals surface area contributed by atoms with Crippen LogP contribution in [0.15, 0.2) is 36.5 Å². The van der Waals surface area contributed by atoms with Gasteiger partial charge in [-0.25, -0.2) is 4.98 Å². The first kappa shape index (κ1) is 21.9. The van der Waals surface area contributed by atoms with Crippen LogP contribution in [0.25, 0.3) is 11.1 Å². The summed E-state index contributed by atoms with van der Waals surface area (Å²) in [7, 11) is 0. The molecule has 2 atom stereocenters. The van der Waals surface area contributed by atoms with Crippen molar-refractivity contribution in [3.63, 3.8) is 0 Å². The van der Waals surface area contributed by atoms with E-state index in [0.717, 1.165) is 43.6 Å². The van der Waals surface area contributed by atoms with E-state index in [1.165, 1.54) is 12.0 Å². The number of likely N-dealkylation sites (tertiary alicyclic amines) is 1. The van der Waals surface area contributed by atoms with E-state index in [2.05, 4.69) is 45.5 Å². The van der Waals surface area contributed by atoms with E-state index in [1.54, 1.807) is 6.20 Å². The Kier molecular flexibility index (Phi) is 5.81. The molecule has 0 spiro atoms. The van der Waals surface area contributed by atoms with Crippen molar-refractivity contribution in [3.05, 3.63) is 47.7 Å². The van der Waals surface area contributed by atoms with Crippen LogP contribution < -0.4 is 11.1 Å². The summed E-state index contributed by atoms with van der Waals surface area (Å²) < 4.78 is 0. The highest BCUT2D eigenvalue weighted by molar-refractivity contribution is 5.99. The predicted molar refractivity (Wildman–Crippen MR) is 126 cm³/mol. The first-order chi connectivity index (χ1) is 16.0. The smallest absolute Gasteiger partial charge is 0.255 e. The van der Waals surface area contributed by atoms with E-state index in [4.69, 9.17) is 11.0 Å². The summed E-state index contributed by atoms with van der Waals surface area (Å²) in [6.45, 7) is 2.98. The number of pyridine rings is 1. The van der Waals surface area contributed by atoms with Gasteiger partial charge in [0.25, 0.3) is 5.91 Å². The lowest BCUT2D eigenvalue weighted by molar-refractivity contribution is 0.0868. The third-order valence-corrected chi connectivity index (χ3v) is 7.74. The number of piperidine rings is 1. The minimum absolute atomic E-state index is 0.0631. The SMILES string of the molecule is N#CCCN1C[C@@H]2C[C@]2(c2ccc(-c3cnc(N)c(C(=O)NC4CCC(O)CC4)c3)cc2)C1. The lowest BCUT2D eigenvalue weighted by Gasteiger charge is -2.26. The lowest BCUT2D eigenvalue weighted by atomic mass is 9.92. The summed E-state index contributed by atoms with van der Waals surface area (Å²) in [6, 6.07) is 12.7. The fourth-order valence-corrected chi connectivity index (χ4v) is 5.71. The van der Waals surface area contributed by atoms with E-state index < -0.39 is 0 Å². The maximum absolute atomic E-state index is 12.9. The van der Waals surface area contributed by atoms with Crippen LogP contribution in [-0.4, -0.2) is 52.7 Å². The number of fused-ring (bicyclic) bond motifs is 1. The summed E-state index contributed by atoms with van der Waals surface area (Å²) in [5.41, 5.74) is 9.91. The molecule has 7 heteroatoms. The van der Waals surface area contributed by atoms with Gasteiger partial charge >= 0.3 is 0 Å². The molecule has 33 heavy (non-hydrogen) atoms. The van der Waals surface area contributed by atoms with E-state index >= 15 is 0 Å². The molecule has 1 saturated heterocycles. The number of nitrogens with zero attached hydrogens (tertiary/aromatic N) is 3. The minimum Gasteiger partial charge on any atom is -0.393 e. The van der Waals surface area contributed by atoms with Gasteiger partial charge < -0.3 is 21.1 Å². The number of nitrogens with one attached hydrogen (secondary N) is 1. The fourth-order valence-electron chi connectivity index (χ4n) is 5.71. The summed E-state index contributed by atoms with van der Waals surface area (Å²) in [5.74, 6) is 0.714. The number of hydrogen-bond acceptors (Lipinski definition) is 6. The zero-order chi connectivity index (χ0) is 23.0. The molecule has 3 aliphatic rings. The van der Waals surface area contributed by atoms with Crippen molar-refractivity contribution in [1.82, 2.24) is 15.2 Å². The molecule has 3 fully saturated rings. The second kappa shape index (κ2) is 8.77. The number of hydrogen-bond donors (Lipinski definition) is 3. The number of nitriles is 1. The van der Waals surface area contributed by atoms with Crippen molar-refractivity contribution in [2.75, 3.05) is 25.4 Å². The molecule has 1 aromatic carbocycles. The van der Waals surface area contributed by atoms with Gasteiger partial charge in [-0.15, -0.1) is 0 Å². The second-order valence-electron chi connectivity index (χ2n) is 9.91. The zero-order valence-corrected chi connectivity index (χ0v) is 18.8. The van der Waals surface area contributed by atoms with Crippen molar-refractivity contribution >= 4 is 11.7 Å². The van der Waals surface area contributed by atoms with Gasteiger partial charge in [-0.3, -0.25) is 4.79 Å². The summed E-state index contributed by atoms with van der Waals surface area (Å²) in [4.78, 5) is 19.6. The number of benzene rings is 1. The third kappa shape index (κ3) is 4.33. The number of rotatable bonds is 6. The average molecular weight is 446 g/mol. The Bertz CT molecular complexity index is 1070. The molecular weight excluding hydrogens is 414 g/mol. The molecule has 2 saturated carbocycles. The van der Waals surface area contributed by atoms with Crippen LogP contribution in [-0.2, 0) is 5.41 Å². The lowest BCUT2D eigenvalue weighted by Crippen LogP contribution is -2.38. The molecular formula is C26H31N5O2. The first-order valence-electron chi connectivity index (χ1n) is 11.9. The highest BCUT2D eigenvalue weighted by atomic mass is 16.3.